The van der Waals surface area contributed by atoms with Crippen LogP contribution in [0.5, 0.6) is 0 Å². The van der Waals surface area contributed by atoms with Gasteiger partial charge in [-0.1, -0.05) is 30.3 Å². The van der Waals surface area contributed by atoms with Gasteiger partial charge in [-0.05, 0) is 12.5 Å². The molecule has 0 aliphatic carbocycles. The highest BCUT2D eigenvalue weighted by Crippen LogP contribution is 2.27. The van der Waals surface area contributed by atoms with Crippen molar-refractivity contribution >= 4 is 11.3 Å². The average molecular weight is 204 g/mol. The molecule has 2 N–H and O–H groups in total. The first-order chi connectivity index (χ1) is 6.77. The first-order valence-electron chi connectivity index (χ1n) is 4.54. The highest BCUT2D eigenvalue weighted by atomic mass is 32.1. The van der Waals surface area contributed by atoms with Crippen LogP contribution in [0.3, 0.4) is 0 Å². The molecule has 0 aliphatic rings. The SMILES string of the molecule is C[C@@H](N)c1ncc(-c2ccccc2)s1. The minimum absolute atomic E-state index is 0.0254. The summed E-state index contributed by atoms with van der Waals surface area (Å²) >= 11 is 1.66. The zero-order valence-electron chi connectivity index (χ0n) is 7.97. The molecule has 0 radical (unpaired) electrons. The van der Waals surface area contributed by atoms with E-state index in [2.05, 4.69) is 17.1 Å². The molecule has 2 rings (SSSR count). The number of aromatic nitrogens is 1. The molecule has 0 unspecified atom stereocenters. The predicted octanol–water partition coefficient (Wildman–Crippen LogP) is 2.83. The summed E-state index contributed by atoms with van der Waals surface area (Å²) in [5, 5.41) is 0.990. The molecular weight excluding hydrogens is 192 g/mol. The zero-order chi connectivity index (χ0) is 9.97. The maximum atomic E-state index is 5.75. The third-order valence-corrected chi connectivity index (χ3v) is 3.22. The van der Waals surface area contributed by atoms with E-state index in [1.54, 1.807) is 11.3 Å². The van der Waals surface area contributed by atoms with Gasteiger partial charge < -0.3 is 5.73 Å². The zero-order valence-corrected chi connectivity index (χ0v) is 8.79. The van der Waals surface area contributed by atoms with E-state index in [1.807, 2.05) is 31.3 Å². The maximum absolute atomic E-state index is 5.75. The van der Waals surface area contributed by atoms with Crippen molar-refractivity contribution in [2.45, 2.75) is 13.0 Å². The summed E-state index contributed by atoms with van der Waals surface area (Å²) in [5.41, 5.74) is 6.96. The number of nitrogens with two attached hydrogens (primary N) is 1. The molecule has 0 aliphatic heterocycles. The standard InChI is InChI=1S/C11H12N2S/c1-8(12)11-13-7-10(14-11)9-5-3-2-4-6-9/h2-8H,12H2,1H3/t8-/m1/s1. The van der Waals surface area contributed by atoms with E-state index in [0.29, 0.717) is 0 Å². The van der Waals surface area contributed by atoms with Gasteiger partial charge in [0, 0.05) is 6.20 Å². The largest absolute Gasteiger partial charge is 0.322 e. The van der Waals surface area contributed by atoms with E-state index in [0.717, 1.165) is 5.01 Å². The Labute approximate surface area is 87.4 Å². The third kappa shape index (κ3) is 1.84. The summed E-state index contributed by atoms with van der Waals surface area (Å²) in [4.78, 5) is 5.46. The van der Waals surface area contributed by atoms with Crippen molar-refractivity contribution < 1.29 is 0 Å². The Kier molecular flexibility index (Phi) is 2.61. The van der Waals surface area contributed by atoms with Crippen LogP contribution in [-0.2, 0) is 0 Å². The minimum atomic E-state index is 0.0254. The third-order valence-electron chi connectivity index (χ3n) is 1.97. The van der Waals surface area contributed by atoms with Gasteiger partial charge in [0.2, 0.25) is 0 Å². The van der Waals surface area contributed by atoms with Crippen LogP contribution in [0.15, 0.2) is 36.5 Å². The number of hydrogen-bond donors (Lipinski definition) is 1. The van der Waals surface area contributed by atoms with E-state index in [4.69, 9.17) is 5.73 Å². The van der Waals surface area contributed by atoms with Crippen LogP contribution in [0.25, 0.3) is 10.4 Å². The Morgan fingerprint density at radius 3 is 2.57 bits per heavy atom. The fourth-order valence-electron chi connectivity index (χ4n) is 1.23. The van der Waals surface area contributed by atoms with Crippen LogP contribution < -0.4 is 5.73 Å². The van der Waals surface area contributed by atoms with Crippen molar-refractivity contribution in [2.24, 2.45) is 5.73 Å². The van der Waals surface area contributed by atoms with Gasteiger partial charge in [-0.25, -0.2) is 4.98 Å². The molecule has 0 saturated carbocycles. The number of hydrogen-bond acceptors (Lipinski definition) is 3. The van der Waals surface area contributed by atoms with Gasteiger partial charge in [0.25, 0.3) is 0 Å². The lowest BCUT2D eigenvalue weighted by Gasteiger charge is -1.97. The van der Waals surface area contributed by atoms with Crippen molar-refractivity contribution in [3.05, 3.63) is 41.5 Å². The lowest BCUT2D eigenvalue weighted by Crippen LogP contribution is -2.03. The Balaban J connectivity index is 2.34. The molecule has 2 nitrogen and oxygen atoms in total. The molecule has 14 heavy (non-hydrogen) atoms. The summed E-state index contributed by atoms with van der Waals surface area (Å²) in [5.74, 6) is 0. The van der Waals surface area contributed by atoms with Crippen molar-refractivity contribution in [3.63, 3.8) is 0 Å². The fraction of sp³-hybridized carbons (Fsp3) is 0.182. The van der Waals surface area contributed by atoms with Gasteiger partial charge in [-0.3, -0.25) is 0 Å². The van der Waals surface area contributed by atoms with Crippen molar-refractivity contribution in [1.29, 1.82) is 0 Å². The van der Waals surface area contributed by atoms with Gasteiger partial charge in [0.1, 0.15) is 5.01 Å². The molecule has 72 valence electrons. The van der Waals surface area contributed by atoms with Crippen LogP contribution in [-0.4, -0.2) is 4.98 Å². The van der Waals surface area contributed by atoms with E-state index >= 15 is 0 Å². The van der Waals surface area contributed by atoms with Crippen molar-refractivity contribution in [3.8, 4) is 10.4 Å². The molecule has 1 aromatic heterocycles. The molecule has 0 saturated heterocycles. The van der Waals surface area contributed by atoms with Crippen molar-refractivity contribution in [2.75, 3.05) is 0 Å². The van der Waals surface area contributed by atoms with Crippen LogP contribution in [0, 0.1) is 0 Å². The van der Waals surface area contributed by atoms with Crippen LogP contribution >= 0.6 is 11.3 Å². The molecule has 0 spiro atoms. The summed E-state index contributed by atoms with van der Waals surface area (Å²) in [6, 6.07) is 10.3. The Morgan fingerprint density at radius 1 is 1.29 bits per heavy atom. The second-order valence-corrected chi connectivity index (χ2v) is 4.28. The van der Waals surface area contributed by atoms with Gasteiger partial charge in [0.05, 0.1) is 10.9 Å². The highest BCUT2D eigenvalue weighted by Gasteiger charge is 2.06. The number of rotatable bonds is 2. The molecule has 2 aromatic rings. The van der Waals surface area contributed by atoms with Crippen LogP contribution in [0.2, 0.25) is 0 Å². The molecule has 0 fully saturated rings. The Bertz CT molecular complexity index is 406. The molecule has 1 heterocycles. The summed E-state index contributed by atoms with van der Waals surface area (Å²) in [6.07, 6.45) is 1.89. The molecule has 3 heteroatoms. The molecular formula is C11H12N2S. The van der Waals surface area contributed by atoms with E-state index in [-0.39, 0.29) is 6.04 Å². The predicted molar refractivity (Wildman–Crippen MR) is 60.2 cm³/mol. The summed E-state index contributed by atoms with van der Waals surface area (Å²) in [7, 11) is 0. The maximum Gasteiger partial charge on any atom is 0.110 e. The Morgan fingerprint density at radius 2 is 2.00 bits per heavy atom. The van der Waals surface area contributed by atoms with E-state index < -0.39 is 0 Å². The summed E-state index contributed by atoms with van der Waals surface area (Å²) < 4.78 is 0. The lowest BCUT2D eigenvalue weighted by molar-refractivity contribution is 0.807. The molecule has 0 bridgehead atoms. The topological polar surface area (TPSA) is 38.9 Å². The van der Waals surface area contributed by atoms with Crippen LogP contribution in [0.1, 0.15) is 18.0 Å². The van der Waals surface area contributed by atoms with E-state index in [9.17, 15) is 0 Å². The smallest absolute Gasteiger partial charge is 0.110 e. The lowest BCUT2D eigenvalue weighted by atomic mass is 10.2. The second kappa shape index (κ2) is 3.90. The number of nitrogens with zero attached hydrogens (tertiary/aromatic N) is 1. The summed E-state index contributed by atoms with van der Waals surface area (Å²) in [6.45, 7) is 1.95. The fourth-order valence-corrected chi connectivity index (χ4v) is 2.11. The van der Waals surface area contributed by atoms with Gasteiger partial charge >= 0.3 is 0 Å². The first-order valence-corrected chi connectivity index (χ1v) is 5.36. The average Bonchev–Trinajstić information content (AvgIpc) is 2.68. The first kappa shape index (κ1) is 9.37. The highest BCUT2D eigenvalue weighted by molar-refractivity contribution is 7.15. The molecule has 0 amide bonds. The quantitative estimate of drug-likeness (QED) is 0.817. The molecule has 1 atom stereocenters. The monoisotopic (exact) mass is 204 g/mol. The van der Waals surface area contributed by atoms with Gasteiger partial charge in [0.15, 0.2) is 0 Å². The molecule has 1 aromatic carbocycles. The number of thiazole rings is 1. The number of benzene rings is 1. The Hall–Kier alpha value is -1.19. The van der Waals surface area contributed by atoms with Crippen molar-refractivity contribution in [1.82, 2.24) is 4.98 Å². The second-order valence-electron chi connectivity index (χ2n) is 3.22. The normalized spacial score (nSPS) is 12.7. The van der Waals surface area contributed by atoms with Gasteiger partial charge in [-0.2, -0.15) is 0 Å². The van der Waals surface area contributed by atoms with E-state index in [1.165, 1.54) is 10.4 Å². The van der Waals surface area contributed by atoms with Crippen LogP contribution in [0.4, 0.5) is 0 Å². The minimum Gasteiger partial charge on any atom is -0.322 e. The van der Waals surface area contributed by atoms with Gasteiger partial charge in [-0.15, -0.1) is 11.3 Å².